The van der Waals surface area contributed by atoms with Crippen LogP contribution in [0.25, 0.3) is 0 Å². The molecule has 1 aromatic carbocycles. The summed E-state index contributed by atoms with van der Waals surface area (Å²) >= 11 is 6.07. The fourth-order valence-corrected chi connectivity index (χ4v) is 2.23. The first kappa shape index (κ1) is 13.5. The minimum absolute atomic E-state index is 0.0360. The smallest absolute Gasteiger partial charge is 0.269 e. The van der Waals surface area contributed by atoms with Gasteiger partial charge in [0.05, 0.1) is 4.92 Å². The van der Waals surface area contributed by atoms with E-state index in [0.717, 1.165) is 25.9 Å². The normalized spacial score (nSPS) is 15.6. The maximum absolute atomic E-state index is 11.9. The van der Waals surface area contributed by atoms with E-state index in [0.29, 0.717) is 10.7 Å². The van der Waals surface area contributed by atoms with Crippen molar-refractivity contribution in [1.29, 1.82) is 0 Å². The Morgan fingerprint density at radius 3 is 2.37 bits per heavy atom. The number of nitro benzene ring substituents is 1. The third kappa shape index (κ3) is 3.32. The molecule has 0 aromatic heterocycles. The first-order valence-electron chi connectivity index (χ1n) is 5.99. The number of rotatable bonds is 4. The van der Waals surface area contributed by atoms with Gasteiger partial charge in [0.25, 0.3) is 5.69 Å². The summed E-state index contributed by atoms with van der Waals surface area (Å²) in [6.07, 6.45) is 3.53. The average Bonchev–Trinajstić information content (AvgIpc) is 2.92. The van der Waals surface area contributed by atoms with Crippen LogP contribution >= 0.6 is 11.6 Å². The maximum Gasteiger partial charge on any atom is 0.269 e. The molecule has 6 heteroatoms. The Hall–Kier alpha value is -1.88. The number of carbonyl (C=O) groups excluding carboxylic acids is 1. The molecular formula is C13H13ClN2O3. The van der Waals surface area contributed by atoms with E-state index < -0.39 is 4.92 Å². The third-order valence-corrected chi connectivity index (χ3v) is 3.37. The number of non-ortho nitro benzene ring substituents is 1. The van der Waals surface area contributed by atoms with Gasteiger partial charge in [0, 0.05) is 36.9 Å². The van der Waals surface area contributed by atoms with Gasteiger partial charge in [-0.15, -0.1) is 0 Å². The molecule has 0 spiro atoms. The van der Waals surface area contributed by atoms with Gasteiger partial charge in [-0.25, -0.2) is 0 Å². The molecule has 0 N–H and O–H groups in total. The number of hydrogen-bond acceptors (Lipinski definition) is 4. The van der Waals surface area contributed by atoms with Crippen LogP contribution in [0.5, 0.6) is 0 Å². The second kappa shape index (κ2) is 5.84. The van der Waals surface area contributed by atoms with Crippen LogP contribution in [0, 0.1) is 10.1 Å². The Bertz CT molecular complexity index is 519. The number of carbonyl (C=O) groups is 1. The highest BCUT2D eigenvalue weighted by molar-refractivity contribution is 6.31. The Morgan fingerprint density at radius 1 is 1.26 bits per heavy atom. The zero-order valence-corrected chi connectivity index (χ0v) is 11.0. The van der Waals surface area contributed by atoms with E-state index in [1.54, 1.807) is 0 Å². The van der Waals surface area contributed by atoms with Crippen LogP contribution in [-0.4, -0.2) is 28.7 Å². The molecular weight excluding hydrogens is 268 g/mol. The topological polar surface area (TPSA) is 63.5 Å². The van der Waals surface area contributed by atoms with Crippen molar-refractivity contribution in [2.75, 3.05) is 13.1 Å². The van der Waals surface area contributed by atoms with Crippen molar-refractivity contribution in [2.45, 2.75) is 12.8 Å². The van der Waals surface area contributed by atoms with E-state index in [1.807, 2.05) is 4.90 Å². The molecule has 1 aliphatic heterocycles. The van der Waals surface area contributed by atoms with Crippen LogP contribution in [0.1, 0.15) is 23.2 Å². The number of hydrogen-bond donors (Lipinski definition) is 0. The zero-order valence-electron chi connectivity index (χ0n) is 10.2. The van der Waals surface area contributed by atoms with Crippen LogP contribution in [0.15, 0.2) is 35.5 Å². The Balaban J connectivity index is 2.10. The number of halogens is 1. The van der Waals surface area contributed by atoms with Crippen LogP contribution in [0.3, 0.4) is 0 Å². The van der Waals surface area contributed by atoms with Gasteiger partial charge in [-0.2, -0.15) is 0 Å². The van der Waals surface area contributed by atoms with Gasteiger partial charge in [-0.3, -0.25) is 14.9 Å². The second-order valence-corrected chi connectivity index (χ2v) is 4.72. The van der Waals surface area contributed by atoms with Crippen LogP contribution in [0.2, 0.25) is 0 Å². The van der Waals surface area contributed by atoms with E-state index >= 15 is 0 Å². The molecule has 0 bridgehead atoms. The summed E-state index contributed by atoms with van der Waals surface area (Å²) in [4.78, 5) is 23.9. The number of benzene rings is 1. The summed E-state index contributed by atoms with van der Waals surface area (Å²) < 4.78 is 0. The van der Waals surface area contributed by atoms with Gasteiger partial charge in [0.2, 0.25) is 0 Å². The number of nitrogens with zero attached hydrogens (tertiary/aromatic N) is 2. The quantitative estimate of drug-likeness (QED) is 0.280. The highest BCUT2D eigenvalue weighted by Crippen LogP contribution is 2.19. The Morgan fingerprint density at radius 2 is 1.84 bits per heavy atom. The lowest BCUT2D eigenvalue weighted by atomic mass is 10.1. The Labute approximate surface area is 115 Å². The molecule has 5 nitrogen and oxygen atoms in total. The predicted octanol–water partition coefficient (Wildman–Crippen LogP) is 2.95. The molecule has 100 valence electrons. The molecule has 0 saturated carbocycles. The van der Waals surface area contributed by atoms with Crippen molar-refractivity contribution in [3.05, 3.63) is 51.2 Å². The third-order valence-electron chi connectivity index (χ3n) is 3.02. The van der Waals surface area contributed by atoms with E-state index in [2.05, 4.69) is 0 Å². The number of nitro groups is 1. The van der Waals surface area contributed by atoms with Crippen LogP contribution < -0.4 is 0 Å². The summed E-state index contributed by atoms with van der Waals surface area (Å²) in [5, 5.41) is 10.9. The zero-order chi connectivity index (χ0) is 13.8. The molecule has 19 heavy (non-hydrogen) atoms. The first-order chi connectivity index (χ1) is 9.08. The summed E-state index contributed by atoms with van der Waals surface area (Å²) in [5.74, 6) is -0.244. The van der Waals surface area contributed by atoms with E-state index in [9.17, 15) is 14.9 Å². The lowest BCUT2D eigenvalue weighted by Crippen LogP contribution is -2.16. The van der Waals surface area contributed by atoms with Crippen molar-refractivity contribution in [3.63, 3.8) is 0 Å². The molecule has 0 radical (unpaired) electrons. The lowest BCUT2D eigenvalue weighted by Gasteiger charge is -2.15. The number of allylic oxidation sites excluding steroid dienone is 1. The van der Waals surface area contributed by atoms with Crippen LogP contribution in [0.4, 0.5) is 5.69 Å². The minimum Gasteiger partial charge on any atom is -0.362 e. The summed E-state index contributed by atoms with van der Waals surface area (Å²) in [7, 11) is 0. The van der Waals surface area contributed by atoms with E-state index in [4.69, 9.17) is 11.6 Å². The van der Waals surface area contributed by atoms with Crippen molar-refractivity contribution < 1.29 is 9.72 Å². The fraction of sp³-hybridized carbons (Fsp3) is 0.308. The van der Waals surface area contributed by atoms with E-state index in [-0.39, 0.29) is 11.5 Å². The molecule has 1 aliphatic rings. The highest BCUT2D eigenvalue weighted by Gasteiger charge is 2.15. The molecule has 0 unspecified atom stereocenters. The van der Waals surface area contributed by atoms with E-state index in [1.165, 1.54) is 30.3 Å². The van der Waals surface area contributed by atoms with Crippen LogP contribution in [-0.2, 0) is 0 Å². The van der Waals surface area contributed by atoms with Crippen molar-refractivity contribution in [3.8, 4) is 0 Å². The molecule has 2 rings (SSSR count). The Kier molecular flexibility index (Phi) is 4.16. The molecule has 0 aliphatic carbocycles. The number of ketones is 1. The molecule has 1 heterocycles. The average molecular weight is 281 g/mol. The lowest BCUT2D eigenvalue weighted by molar-refractivity contribution is -0.384. The summed E-state index contributed by atoms with van der Waals surface area (Å²) in [6, 6.07) is 5.49. The maximum atomic E-state index is 11.9. The molecule has 1 saturated heterocycles. The number of likely N-dealkylation sites (tertiary alicyclic amines) is 1. The first-order valence-corrected chi connectivity index (χ1v) is 6.36. The highest BCUT2D eigenvalue weighted by atomic mass is 35.5. The van der Waals surface area contributed by atoms with Gasteiger partial charge in [0.1, 0.15) is 5.16 Å². The van der Waals surface area contributed by atoms with Gasteiger partial charge < -0.3 is 4.90 Å². The second-order valence-electron chi connectivity index (χ2n) is 4.33. The minimum atomic E-state index is -0.499. The van der Waals surface area contributed by atoms with Gasteiger partial charge in [0.15, 0.2) is 5.78 Å². The SMILES string of the molecule is O=C(/C=C(\Cl)N1CCCC1)c1ccc([N+](=O)[O-])cc1. The molecule has 0 atom stereocenters. The van der Waals surface area contributed by atoms with Gasteiger partial charge in [-0.1, -0.05) is 11.6 Å². The molecule has 0 amide bonds. The predicted molar refractivity (Wildman–Crippen MR) is 72.2 cm³/mol. The standard InChI is InChI=1S/C13H13ClN2O3/c14-13(15-7-1-2-8-15)9-12(17)10-3-5-11(6-4-10)16(18)19/h3-6,9H,1-2,7-8H2/b13-9+. The fourth-order valence-electron chi connectivity index (χ4n) is 1.96. The monoisotopic (exact) mass is 280 g/mol. The molecule has 1 fully saturated rings. The van der Waals surface area contributed by atoms with Crippen molar-refractivity contribution >= 4 is 23.1 Å². The van der Waals surface area contributed by atoms with Gasteiger partial charge >= 0.3 is 0 Å². The largest absolute Gasteiger partial charge is 0.362 e. The van der Waals surface area contributed by atoms with Gasteiger partial charge in [-0.05, 0) is 25.0 Å². The van der Waals surface area contributed by atoms with Crippen molar-refractivity contribution in [1.82, 2.24) is 4.90 Å². The summed E-state index contributed by atoms with van der Waals surface area (Å²) in [5.41, 5.74) is 0.356. The van der Waals surface area contributed by atoms with Crippen molar-refractivity contribution in [2.24, 2.45) is 0 Å². The molecule has 1 aromatic rings. The summed E-state index contributed by atoms with van der Waals surface area (Å²) in [6.45, 7) is 1.73.